The molecule has 1 N–H and O–H groups in total. The van der Waals surface area contributed by atoms with Gasteiger partial charge in [0.05, 0.1) is 4.90 Å². The van der Waals surface area contributed by atoms with Gasteiger partial charge in [-0.15, -0.1) is 0 Å². The first kappa shape index (κ1) is 17.7. The molecular formula is C15H24N2O3S. The molecule has 1 rings (SSSR count). The molecule has 0 saturated carbocycles. The number of carbonyl (C=O) groups excluding carboxylic acids is 1. The van der Waals surface area contributed by atoms with Crippen molar-refractivity contribution in [2.45, 2.75) is 44.4 Å². The number of hydrogen-bond acceptors (Lipinski definition) is 3. The lowest BCUT2D eigenvalue weighted by Gasteiger charge is -2.14. The fourth-order valence-corrected chi connectivity index (χ4v) is 2.78. The van der Waals surface area contributed by atoms with Crippen LogP contribution in [0, 0.1) is 6.92 Å². The van der Waals surface area contributed by atoms with E-state index >= 15 is 0 Å². The van der Waals surface area contributed by atoms with Crippen LogP contribution in [-0.2, 0) is 14.8 Å². The lowest BCUT2D eigenvalue weighted by atomic mass is 10.1. The number of anilines is 1. The summed E-state index contributed by atoms with van der Waals surface area (Å²) in [6.07, 6.45) is 3.37. The van der Waals surface area contributed by atoms with E-state index in [2.05, 4.69) is 12.2 Å². The van der Waals surface area contributed by atoms with Gasteiger partial charge in [-0.2, -0.15) is 0 Å². The highest BCUT2D eigenvalue weighted by atomic mass is 32.2. The summed E-state index contributed by atoms with van der Waals surface area (Å²) in [7, 11) is -0.522. The monoisotopic (exact) mass is 312 g/mol. The molecule has 1 aromatic rings. The highest BCUT2D eigenvalue weighted by Crippen LogP contribution is 2.22. The Bertz CT molecular complexity index is 595. The molecule has 0 aromatic heterocycles. The van der Waals surface area contributed by atoms with Gasteiger partial charge in [-0.25, -0.2) is 12.7 Å². The van der Waals surface area contributed by atoms with Crippen LogP contribution in [-0.4, -0.2) is 32.7 Å². The van der Waals surface area contributed by atoms with Crippen molar-refractivity contribution in [3.8, 4) is 0 Å². The predicted molar refractivity (Wildman–Crippen MR) is 84.8 cm³/mol. The van der Waals surface area contributed by atoms with Gasteiger partial charge in [-0.05, 0) is 31.0 Å². The molecule has 21 heavy (non-hydrogen) atoms. The zero-order valence-corrected chi connectivity index (χ0v) is 14.0. The molecule has 0 unspecified atom stereocenters. The Morgan fingerprint density at radius 1 is 1.24 bits per heavy atom. The lowest BCUT2D eigenvalue weighted by molar-refractivity contribution is -0.116. The van der Waals surface area contributed by atoms with Crippen molar-refractivity contribution in [3.05, 3.63) is 23.8 Å². The fourth-order valence-electron chi connectivity index (χ4n) is 1.86. The van der Waals surface area contributed by atoms with Crippen LogP contribution in [0.4, 0.5) is 5.69 Å². The average molecular weight is 312 g/mol. The predicted octanol–water partition coefficient (Wildman–Crippen LogP) is 2.76. The molecule has 1 amide bonds. The zero-order valence-electron chi connectivity index (χ0n) is 13.1. The van der Waals surface area contributed by atoms with Crippen LogP contribution in [0.3, 0.4) is 0 Å². The molecule has 118 valence electrons. The lowest BCUT2D eigenvalue weighted by Crippen LogP contribution is -2.22. The van der Waals surface area contributed by atoms with Gasteiger partial charge in [0.15, 0.2) is 0 Å². The van der Waals surface area contributed by atoms with Crippen LogP contribution in [0.15, 0.2) is 23.1 Å². The highest BCUT2D eigenvalue weighted by Gasteiger charge is 2.18. The number of aryl methyl sites for hydroxylation is 1. The molecule has 1 aromatic carbocycles. The van der Waals surface area contributed by atoms with Gasteiger partial charge in [-0.1, -0.05) is 25.8 Å². The summed E-state index contributed by atoms with van der Waals surface area (Å²) in [5, 5.41) is 2.80. The summed E-state index contributed by atoms with van der Waals surface area (Å²) in [6, 6.07) is 4.78. The van der Waals surface area contributed by atoms with Crippen LogP contribution in [0.5, 0.6) is 0 Å². The third-order valence-corrected chi connectivity index (χ3v) is 5.08. The summed E-state index contributed by atoms with van der Waals surface area (Å²) in [4.78, 5) is 12.0. The Morgan fingerprint density at radius 3 is 2.48 bits per heavy atom. The zero-order chi connectivity index (χ0) is 16.0. The summed E-state index contributed by atoms with van der Waals surface area (Å²) in [6.45, 7) is 3.92. The maximum absolute atomic E-state index is 12.1. The molecule has 5 nitrogen and oxygen atoms in total. The average Bonchev–Trinajstić information content (AvgIpc) is 2.41. The SMILES string of the molecule is CCCCCC(=O)Nc1cc(S(=O)(=O)N(C)C)ccc1C. The quantitative estimate of drug-likeness (QED) is 0.787. The minimum absolute atomic E-state index is 0.0778. The maximum Gasteiger partial charge on any atom is 0.242 e. The first-order chi connectivity index (χ1) is 9.78. The second kappa shape index (κ2) is 7.56. The number of nitrogens with zero attached hydrogens (tertiary/aromatic N) is 1. The van der Waals surface area contributed by atoms with Gasteiger partial charge in [-0.3, -0.25) is 4.79 Å². The van der Waals surface area contributed by atoms with E-state index in [1.807, 2.05) is 6.92 Å². The van der Waals surface area contributed by atoms with Crippen molar-refractivity contribution in [2.24, 2.45) is 0 Å². The summed E-state index contributed by atoms with van der Waals surface area (Å²) >= 11 is 0. The van der Waals surface area contributed by atoms with Crippen LogP contribution < -0.4 is 5.32 Å². The van der Waals surface area contributed by atoms with Gasteiger partial charge in [0.1, 0.15) is 0 Å². The number of unbranched alkanes of at least 4 members (excludes halogenated alkanes) is 2. The Hall–Kier alpha value is -1.40. The molecule has 0 spiro atoms. The van der Waals surface area contributed by atoms with Crippen molar-refractivity contribution in [1.82, 2.24) is 4.31 Å². The van der Waals surface area contributed by atoms with Gasteiger partial charge in [0, 0.05) is 26.2 Å². The number of benzene rings is 1. The molecule has 0 aliphatic rings. The van der Waals surface area contributed by atoms with Crippen molar-refractivity contribution in [1.29, 1.82) is 0 Å². The Balaban J connectivity index is 2.91. The molecular weight excluding hydrogens is 288 g/mol. The second-order valence-corrected chi connectivity index (χ2v) is 7.42. The van der Waals surface area contributed by atoms with E-state index in [9.17, 15) is 13.2 Å². The van der Waals surface area contributed by atoms with Gasteiger partial charge >= 0.3 is 0 Å². The van der Waals surface area contributed by atoms with Gasteiger partial charge in [0.25, 0.3) is 0 Å². The summed E-state index contributed by atoms with van der Waals surface area (Å²) < 4.78 is 25.4. The Morgan fingerprint density at radius 2 is 1.90 bits per heavy atom. The maximum atomic E-state index is 12.1. The number of amides is 1. The minimum atomic E-state index is -3.49. The Kier molecular flexibility index (Phi) is 6.36. The first-order valence-corrected chi connectivity index (χ1v) is 8.56. The minimum Gasteiger partial charge on any atom is -0.326 e. The van der Waals surface area contributed by atoms with Crippen molar-refractivity contribution in [2.75, 3.05) is 19.4 Å². The van der Waals surface area contributed by atoms with E-state index in [0.29, 0.717) is 12.1 Å². The van der Waals surface area contributed by atoms with Crippen LogP contribution >= 0.6 is 0 Å². The fraction of sp³-hybridized carbons (Fsp3) is 0.533. The normalized spacial score (nSPS) is 11.7. The molecule has 0 heterocycles. The molecule has 0 bridgehead atoms. The van der Waals surface area contributed by atoms with Gasteiger partial charge < -0.3 is 5.32 Å². The molecule has 0 aliphatic heterocycles. The number of nitrogens with one attached hydrogen (secondary N) is 1. The summed E-state index contributed by atoms with van der Waals surface area (Å²) in [5.41, 5.74) is 1.40. The molecule has 0 saturated heterocycles. The molecule has 0 radical (unpaired) electrons. The highest BCUT2D eigenvalue weighted by molar-refractivity contribution is 7.89. The van der Waals surface area contributed by atoms with Crippen molar-refractivity contribution in [3.63, 3.8) is 0 Å². The van der Waals surface area contributed by atoms with E-state index in [-0.39, 0.29) is 10.8 Å². The van der Waals surface area contributed by atoms with Crippen LogP contribution in [0.2, 0.25) is 0 Å². The topological polar surface area (TPSA) is 66.5 Å². The number of hydrogen-bond donors (Lipinski definition) is 1. The van der Waals surface area contributed by atoms with E-state index in [1.54, 1.807) is 12.1 Å². The largest absolute Gasteiger partial charge is 0.326 e. The third kappa shape index (κ3) is 4.82. The smallest absolute Gasteiger partial charge is 0.242 e. The van der Waals surface area contributed by atoms with Gasteiger partial charge in [0.2, 0.25) is 15.9 Å². The molecule has 6 heteroatoms. The van der Waals surface area contributed by atoms with Crippen molar-refractivity contribution < 1.29 is 13.2 Å². The van der Waals surface area contributed by atoms with E-state index in [1.165, 1.54) is 20.2 Å². The van der Waals surface area contributed by atoms with Crippen molar-refractivity contribution >= 4 is 21.6 Å². The van der Waals surface area contributed by atoms with E-state index in [0.717, 1.165) is 29.1 Å². The van der Waals surface area contributed by atoms with E-state index < -0.39 is 10.0 Å². The molecule has 0 fully saturated rings. The standard InChI is InChI=1S/C15H24N2O3S/c1-5-6-7-8-15(18)16-14-11-13(10-9-12(14)2)21(19,20)17(3)4/h9-11H,5-8H2,1-4H3,(H,16,18). The number of sulfonamides is 1. The van der Waals surface area contributed by atoms with Crippen LogP contribution in [0.1, 0.15) is 38.2 Å². The first-order valence-electron chi connectivity index (χ1n) is 7.12. The number of rotatable bonds is 7. The molecule has 0 atom stereocenters. The number of carbonyl (C=O) groups is 1. The Labute approximate surface area is 127 Å². The third-order valence-electron chi connectivity index (χ3n) is 3.27. The van der Waals surface area contributed by atoms with Crippen LogP contribution in [0.25, 0.3) is 0 Å². The second-order valence-electron chi connectivity index (χ2n) is 5.27. The van der Waals surface area contributed by atoms with E-state index in [4.69, 9.17) is 0 Å². The molecule has 0 aliphatic carbocycles. The summed E-state index contributed by atoms with van der Waals surface area (Å²) in [5.74, 6) is -0.0778.